The van der Waals surface area contributed by atoms with E-state index in [2.05, 4.69) is 26.2 Å². The Labute approximate surface area is 114 Å². The zero-order valence-corrected chi connectivity index (χ0v) is 11.5. The van der Waals surface area contributed by atoms with Crippen LogP contribution in [-0.4, -0.2) is 25.3 Å². The molecule has 0 aromatic heterocycles. The van der Waals surface area contributed by atoms with Gasteiger partial charge < -0.3 is 9.47 Å². The summed E-state index contributed by atoms with van der Waals surface area (Å²) in [4.78, 5) is 11.8. The van der Waals surface area contributed by atoms with E-state index in [9.17, 15) is 4.79 Å². The van der Waals surface area contributed by atoms with E-state index in [0.717, 1.165) is 12.8 Å². The molecule has 102 valence electrons. The van der Waals surface area contributed by atoms with Crippen molar-refractivity contribution in [2.75, 3.05) is 7.11 Å². The summed E-state index contributed by atoms with van der Waals surface area (Å²) in [7, 11) is 1.73. The van der Waals surface area contributed by atoms with Gasteiger partial charge in [-0.1, -0.05) is 30.4 Å². The van der Waals surface area contributed by atoms with Crippen LogP contribution >= 0.6 is 0 Å². The number of hydrogen-bond acceptors (Lipinski definition) is 3. The monoisotopic (exact) mass is 260 g/mol. The van der Waals surface area contributed by atoms with Gasteiger partial charge in [0.15, 0.2) is 0 Å². The molecule has 5 atom stereocenters. The van der Waals surface area contributed by atoms with Crippen LogP contribution in [0.1, 0.15) is 19.8 Å². The van der Waals surface area contributed by atoms with Gasteiger partial charge in [-0.2, -0.15) is 0 Å². The van der Waals surface area contributed by atoms with Crippen molar-refractivity contribution in [3.05, 3.63) is 36.0 Å². The minimum atomic E-state index is -0.227. The van der Waals surface area contributed by atoms with Gasteiger partial charge in [0.25, 0.3) is 0 Å². The molecular weight excluding hydrogens is 240 g/mol. The maximum absolute atomic E-state index is 11.8. The second-order valence-corrected chi connectivity index (χ2v) is 5.86. The summed E-state index contributed by atoms with van der Waals surface area (Å²) in [5.41, 5.74) is 3.09. The van der Waals surface area contributed by atoms with E-state index in [1.807, 2.05) is 0 Å². The lowest BCUT2D eigenvalue weighted by molar-refractivity contribution is -0.141. The first-order chi connectivity index (χ1) is 9.04. The van der Waals surface area contributed by atoms with Gasteiger partial charge in [-0.15, -0.1) is 0 Å². The molecule has 1 aliphatic heterocycles. The third kappa shape index (κ3) is 1.71. The number of carbonyl (C=O) groups is 1. The van der Waals surface area contributed by atoms with E-state index in [0.29, 0.717) is 5.57 Å². The molecule has 1 heterocycles. The Morgan fingerprint density at radius 1 is 1.37 bits per heavy atom. The van der Waals surface area contributed by atoms with Crippen LogP contribution in [0.25, 0.3) is 0 Å². The number of carbonyl (C=O) groups excluding carboxylic acids is 1. The first kappa shape index (κ1) is 12.7. The number of esters is 1. The second-order valence-electron chi connectivity index (χ2n) is 5.86. The molecule has 0 aromatic rings. The van der Waals surface area contributed by atoms with Crippen LogP contribution in [0.3, 0.4) is 0 Å². The maximum atomic E-state index is 11.8. The Bertz CT molecular complexity index is 488. The van der Waals surface area contributed by atoms with Crippen molar-refractivity contribution in [2.45, 2.75) is 32.0 Å². The fourth-order valence-electron chi connectivity index (χ4n) is 3.93. The zero-order chi connectivity index (χ0) is 13.7. The van der Waals surface area contributed by atoms with Crippen molar-refractivity contribution in [1.82, 2.24) is 0 Å². The highest BCUT2D eigenvalue weighted by molar-refractivity contribution is 5.91. The summed E-state index contributed by atoms with van der Waals surface area (Å²) in [6.07, 6.45) is 3.95. The van der Waals surface area contributed by atoms with Crippen molar-refractivity contribution >= 4 is 5.97 Å². The molecule has 2 fully saturated rings. The predicted octanol–water partition coefficient (Wildman–Crippen LogP) is 2.64. The van der Waals surface area contributed by atoms with E-state index >= 15 is 0 Å². The van der Waals surface area contributed by atoms with E-state index in [1.165, 1.54) is 11.1 Å². The number of fused-ring (bicyclic) bond motifs is 3. The predicted molar refractivity (Wildman–Crippen MR) is 72.4 cm³/mol. The summed E-state index contributed by atoms with van der Waals surface area (Å²) >= 11 is 0. The Kier molecular flexibility index (Phi) is 2.90. The molecule has 0 bridgehead atoms. The Balaban J connectivity index is 2.01. The van der Waals surface area contributed by atoms with Crippen LogP contribution in [0, 0.1) is 17.8 Å². The van der Waals surface area contributed by atoms with Crippen molar-refractivity contribution < 1.29 is 14.3 Å². The molecule has 0 spiro atoms. The molecule has 0 N–H and O–H groups in total. The Morgan fingerprint density at radius 3 is 2.79 bits per heavy atom. The summed E-state index contributed by atoms with van der Waals surface area (Å²) in [6, 6.07) is 0. The Morgan fingerprint density at radius 2 is 2.11 bits per heavy atom. The Hall–Kier alpha value is -1.35. The average Bonchev–Trinajstić information content (AvgIpc) is 2.80. The van der Waals surface area contributed by atoms with E-state index in [1.54, 1.807) is 7.11 Å². The zero-order valence-electron chi connectivity index (χ0n) is 11.5. The summed E-state index contributed by atoms with van der Waals surface area (Å²) in [6.45, 7) is 10.2. The standard InChI is InChI=1S/C16H20O3/c1-8-5-6-11-10(3)16(17)19-15(11)14-9(2)7-12(18-4)13(8)14/h7,11-15H,1,3,5-6H2,2,4H3/t11-,12-,13+,14-,15-/m0/s1. The molecule has 0 amide bonds. The third-order valence-electron chi connectivity index (χ3n) is 4.92. The lowest BCUT2D eigenvalue weighted by Crippen LogP contribution is -2.33. The fourth-order valence-corrected chi connectivity index (χ4v) is 3.93. The third-order valence-corrected chi connectivity index (χ3v) is 4.92. The van der Waals surface area contributed by atoms with Gasteiger partial charge in [0.2, 0.25) is 0 Å². The molecule has 1 saturated carbocycles. The number of methoxy groups -OCH3 is 1. The van der Waals surface area contributed by atoms with Crippen LogP contribution in [0.5, 0.6) is 0 Å². The number of rotatable bonds is 1. The quantitative estimate of drug-likeness (QED) is 0.413. The van der Waals surface area contributed by atoms with E-state index < -0.39 is 0 Å². The summed E-state index contributed by atoms with van der Waals surface area (Å²) in [5, 5.41) is 0. The van der Waals surface area contributed by atoms with Gasteiger partial charge in [-0.3, -0.25) is 0 Å². The molecule has 19 heavy (non-hydrogen) atoms. The first-order valence-electron chi connectivity index (χ1n) is 6.83. The summed E-state index contributed by atoms with van der Waals surface area (Å²) in [5.74, 6) is 0.347. The molecule has 3 heteroatoms. The molecule has 0 aromatic carbocycles. The van der Waals surface area contributed by atoms with Gasteiger partial charge in [0.1, 0.15) is 6.10 Å². The van der Waals surface area contributed by atoms with E-state index in [-0.39, 0.29) is 35.9 Å². The topological polar surface area (TPSA) is 35.5 Å². The lowest BCUT2D eigenvalue weighted by Gasteiger charge is -2.29. The molecule has 2 aliphatic carbocycles. The normalized spacial score (nSPS) is 41.5. The highest BCUT2D eigenvalue weighted by atomic mass is 16.6. The molecule has 0 unspecified atom stereocenters. The molecular formula is C16H20O3. The smallest absolute Gasteiger partial charge is 0.334 e. The van der Waals surface area contributed by atoms with Crippen LogP contribution in [-0.2, 0) is 14.3 Å². The van der Waals surface area contributed by atoms with E-state index in [4.69, 9.17) is 9.47 Å². The highest BCUT2D eigenvalue weighted by Crippen LogP contribution is 2.50. The van der Waals surface area contributed by atoms with Crippen LogP contribution < -0.4 is 0 Å². The fraction of sp³-hybridized carbons (Fsp3) is 0.562. The maximum Gasteiger partial charge on any atom is 0.334 e. The van der Waals surface area contributed by atoms with Crippen LogP contribution in [0.15, 0.2) is 36.0 Å². The SMILES string of the molecule is C=C1CC[C@H]2C(=C)C(=O)O[C@@H]2[C@H]2C(C)=C[C@H](OC)[C@@H]12. The van der Waals surface area contributed by atoms with Gasteiger partial charge in [-0.25, -0.2) is 4.79 Å². The second kappa shape index (κ2) is 4.34. The number of ether oxygens (including phenoxy) is 2. The van der Waals surface area contributed by atoms with Crippen LogP contribution in [0.4, 0.5) is 0 Å². The minimum Gasteiger partial charge on any atom is -0.458 e. The van der Waals surface area contributed by atoms with Gasteiger partial charge in [0, 0.05) is 30.4 Å². The molecule has 1 saturated heterocycles. The molecule has 3 rings (SSSR count). The number of hydrogen-bond donors (Lipinski definition) is 0. The van der Waals surface area contributed by atoms with Crippen LogP contribution in [0.2, 0.25) is 0 Å². The summed E-state index contributed by atoms with van der Waals surface area (Å²) < 4.78 is 11.2. The van der Waals surface area contributed by atoms with Crippen molar-refractivity contribution in [3.63, 3.8) is 0 Å². The largest absolute Gasteiger partial charge is 0.458 e. The van der Waals surface area contributed by atoms with Gasteiger partial charge >= 0.3 is 5.97 Å². The van der Waals surface area contributed by atoms with Crippen molar-refractivity contribution in [2.24, 2.45) is 17.8 Å². The lowest BCUT2D eigenvalue weighted by atomic mass is 9.80. The van der Waals surface area contributed by atoms with Crippen molar-refractivity contribution in [3.8, 4) is 0 Å². The van der Waals surface area contributed by atoms with Gasteiger partial charge in [-0.05, 0) is 19.8 Å². The first-order valence-corrected chi connectivity index (χ1v) is 6.83. The molecule has 3 aliphatic rings. The highest BCUT2D eigenvalue weighted by Gasteiger charge is 2.52. The minimum absolute atomic E-state index is 0.0591. The molecule has 0 radical (unpaired) electrons. The van der Waals surface area contributed by atoms with Gasteiger partial charge in [0.05, 0.1) is 6.10 Å². The molecule has 3 nitrogen and oxygen atoms in total. The van der Waals surface area contributed by atoms with Crippen molar-refractivity contribution in [1.29, 1.82) is 0 Å². The average molecular weight is 260 g/mol.